The second-order valence-corrected chi connectivity index (χ2v) is 6.87. The third kappa shape index (κ3) is 3.79. The number of rotatable bonds is 5. The summed E-state index contributed by atoms with van der Waals surface area (Å²) in [6, 6.07) is 8.76. The molecular weight excluding hydrogens is 386 g/mol. The van der Waals surface area contributed by atoms with Crippen LogP contribution in [-0.2, 0) is 11.8 Å². The Labute approximate surface area is 173 Å². The molecule has 0 radical (unpaired) electrons. The average molecular weight is 409 g/mol. The van der Waals surface area contributed by atoms with E-state index in [-0.39, 0.29) is 11.8 Å². The van der Waals surface area contributed by atoms with E-state index >= 15 is 0 Å². The maximum absolute atomic E-state index is 13.0. The molecule has 2 aromatic heterocycles. The van der Waals surface area contributed by atoms with Gasteiger partial charge < -0.3 is 24.3 Å². The summed E-state index contributed by atoms with van der Waals surface area (Å²) in [7, 11) is 3.29. The van der Waals surface area contributed by atoms with Gasteiger partial charge in [-0.05, 0) is 30.3 Å². The van der Waals surface area contributed by atoms with Gasteiger partial charge in [-0.15, -0.1) is 0 Å². The van der Waals surface area contributed by atoms with Crippen molar-refractivity contribution in [3.05, 3.63) is 60.0 Å². The van der Waals surface area contributed by atoms with Crippen molar-refractivity contribution in [2.45, 2.75) is 0 Å². The lowest BCUT2D eigenvalue weighted by molar-refractivity contribution is 0.0303. The van der Waals surface area contributed by atoms with Crippen LogP contribution in [-0.4, -0.2) is 64.5 Å². The highest BCUT2D eigenvalue weighted by molar-refractivity contribution is 6.07. The van der Waals surface area contributed by atoms with Gasteiger partial charge in [0.2, 0.25) is 0 Å². The van der Waals surface area contributed by atoms with E-state index in [0.29, 0.717) is 54.7 Å². The highest BCUT2D eigenvalue weighted by Gasteiger charge is 2.22. The van der Waals surface area contributed by atoms with Gasteiger partial charge in [-0.1, -0.05) is 0 Å². The molecular formula is C21H23N5O4. The van der Waals surface area contributed by atoms with E-state index in [2.05, 4.69) is 10.4 Å². The number of ether oxygens (including phenoxy) is 2. The number of aromatic nitrogens is 3. The predicted octanol–water partition coefficient (Wildman–Crippen LogP) is 1.94. The van der Waals surface area contributed by atoms with Crippen LogP contribution in [0.1, 0.15) is 20.7 Å². The van der Waals surface area contributed by atoms with Gasteiger partial charge in [0, 0.05) is 38.1 Å². The number of methoxy groups -OCH3 is 1. The summed E-state index contributed by atoms with van der Waals surface area (Å²) in [5, 5.41) is 7.08. The lowest BCUT2D eigenvalue weighted by atomic mass is 10.1. The van der Waals surface area contributed by atoms with Crippen LogP contribution in [0.15, 0.2) is 48.9 Å². The maximum atomic E-state index is 13.0. The molecule has 1 saturated heterocycles. The molecule has 0 unspecified atom stereocenters. The van der Waals surface area contributed by atoms with Crippen LogP contribution in [0.4, 0.5) is 5.69 Å². The minimum atomic E-state index is -0.346. The van der Waals surface area contributed by atoms with Gasteiger partial charge in [-0.3, -0.25) is 14.3 Å². The first-order valence-corrected chi connectivity index (χ1v) is 9.60. The molecule has 3 aromatic rings. The first-order chi connectivity index (χ1) is 14.6. The Morgan fingerprint density at radius 1 is 1.17 bits per heavy atom. The fourth-order valence-electron chi connectivity index (χ4n) is 3.45. The zero-order valence-corrected chi connectivity index (χ0v) is 16.9. The molecule has 30 heavy (non-hydrogen) atoms. The van der Waals surface area contributed by atoms with Crippen LogP contribution < -0.4 is 10.1 Å². The van der Waals surface area contributed by atoms with Crippen molar-refractivity contribution in [2.24, 2.45) is 7.05 Å². The van der Waals surface area contributed by atoms with E-state index < -0.39 is 0 Å². The molecule has 3 heterocycles. The van der Waals surface area contributed by atoms with E-state index in [1.54, 1.807) is 34.8 Å². The number of aryl methyl sites for hydroxylation is 1. The highest BCUT2D eigenvalue weighted by Crippen LogP contribution is 2.27. The second-order valence-electron chi connectivity index (χ2n) is 6.87. The fourth-order valence-corrected chi connectivity index (χ4v) is 3.45. The fraction of sp³-hybridized carbons (Fsp3) is 0.286. The molecule has 1 N–H and O–H groups in total. The van der Waals surface area contributed by atoms with Crippen LogP contribution in [0.2, 0.25) is 0 Å². The second kappa shape index (κ2) is 8.42. The molecule has 1 aliphatic rings. The molecule has 9 heteroatoms. The van der Waals surface area contributed by atoms with Gasteiger partial charge in [-0.25, -0.2) is 0 Å². The van der Waals surface area contributed by atoms with Gasteiger partial charge in [0.25, 0.3) is 11.8 Å². The van der Waals surface area contributed by atoms with Gasteiger partial charge in [0.15, 0.2) is 0 Å². The van der Waals surface area contributed by atoms with Crippen LogP contribution in [0, 0.1) is 0 Å². The number of nitrogens with one attached hydrogen (secondary N) is 1. The molecule has 9 nitrogen and oxygen atoms in total. The summed E-state index contributed by atoms with van der Waals surface area (Å²) in [6.07, 6.45) is 5.20. The van der Waals surface area contributed by atoms with Crippen molar-refractivity contribution in [1.29, 1.82) is 0 Å². The minimum absolute atomic E-state index is 0.106. The predicted molar refractivity (Wildman–Crippen MR) is 110 cm³/mol. The number of hydrogen-bond donors (Lipinski definition) is 1. The summed E-state index contributed by atoms with van der Waals surface area (Å²) in [5.74, 6) is 0.650. The third-order valence-electron chi connectivity index (χ3n) is 4.99. The number of benzene rings is 1. The number of nitrogens with zero attached hydrogens (tertiary/aromatic N) is 4. The minimum Gasteiger partial charge on any atom is -0.495 e. The molecule has 1 aromatic carbocycles. The Morgan fingerprint density at radius 2 is 1.90 bits per heavy atom. The van der Waals surface area contributed by atoms with Crippen molar-refractivity contribution in [3.8, 4) is 11.6 Å². The molecule has 0 spiro atoms. The van der Waals surface area contributed by atoms with Crippen LogP contribution in [0.25, 0.3) is 5.82 Å². The maximum Gasteiger partial charge on any atom is 0.261 e. The van der Waals surface area contributed by atoms with E-state index in [1.165, 1.54) is 13.3 Å². The molecule has 4 rings (SSSR count). The first kappa shape index (κ1) is 19.7. The average Bonchev–Trinajstić information content (AvgIpc) is 3.43. The zero-order chi connectivity index (χ0) is 21.1. The van der Waals surface area contributed by atoms with Crippen LogP contribution >= 0.6 is 0 Å². The molecule has 0 saturated carbocycles. The highest BCUT2D eigenvalue weighted by atomic mass is 16.5. The van der Waals surface area contributed by atoms with Crippen molar-refractivity contribution in [2.75, 3.05) is 38.7 Å². The van der Waals surface area contributed by atoms with Crippen molar-refractivity contribution < 1.29 is 19.1 Å². The van der Waals surface area contributed by atoms with Crippen LogP contribution in [0.5, 0.6) is 5.75 Å². The summed E-state index contributed by atoms with van der Waals surface area (Å²) >= 11 is 0. The van der Waals surface area contributed by atoms with Gasteiger partial charge >= 0.3 is 0 Å². The monoisotopic (exact) mass is 409 g/mol. The summed E-state index contributed by atoms with van der Waals surface area (Å²) < 4.78 is 14.1. The summed E-state index contributed by atoms with van der Waals surface area (Å²) in [5.41, 5.74) is 1.30. The topological polar surface area (TPSA) is 90.6 Å². The van der Waals surface area contributed by atoms with Crippen LogP contribution in [0.3, 0.4) is 0 Å². The molecule has 2 amide bonds. The number of amides is 2. The first-order valence-electron chi connectivity index (χ1n) is 9.60. The van der Waals surface area contributed by atoms with Gasteiger partial charge in [-0.2, -0.15) is 5.10 Å². The number of anilines is 1. The Balaban J connectivity index is 1.61. The van der Waals surface area contributed by atoms with Gasteiger partial charge in [0.1, 0.15) is 17.1 Å². The molecule has 0 aliphatic carbocycles. The number of carbonyl (C=O) groups excluding carboxylic acids is 2. The molecule has 0 bridgehead atoms. The largest absolute Gasteiger partial charge is 0.495 e. The number of hydrogen-bond acceptors (Lipinski definition) is 5. The third-order valence-corrected chi connectivity index (χ3v) is 4.99. The summed E-state index contributed by atoms with van der Waals surface area (Å²) in [6.45, 7) is 2.13. The van der Waals surface area contributed by atoms with Crippen molar-refractivity contribution in [3.63, 3.8) is 0 Å². The smallest absolute Gasteiger partial charge is 0.261 e. The lowest BCUT2D eigenvalue weighted by Gasteiger charge is -2.27. The van der Waals surface area contributed by atoms with E-state index in [1.807, 2.05) is 29.1 Å². The number of carbonyl (C=O) groups is 2. The standard InChI is InChI=1S/C21H23N5O4/c1-24-20(25-7-3-4-8-25)16(14-22-24)19(27)23-17-13-15(5-6-18(17)29-2)21(28)26-9-11-30-12-10-26/h3-8,13-14H,9-12H2,1-2H3,(H,23,27). The number of morpholine rings is 1. The van der Waals surface area contributed by atoms with E-state index in [4.69, 9.17) is 9.47 Å². The zero-order valence-electron chi connectivity index (χ0n) is 16.9. The Hall–Kier alpha value is -3.59. The molecule has 1 fully saturated rings. The van der Waals surface area contributed by atoms with Crippen molar-refractivity contribution >= 4 is 17.5 Å². The molecule has 0 atom stereocenters. The Morgan fingerprint density at radius 3 is 2.60 bits per heavy atom. The SMILES string of the molecule is COc1ccc(C(=O)N2CCOCC2)cc1NC(=O)c1cnn(C)c1-n1cccc1. The van der Waals surface area contributed by atoms with E-state index in [9.17, 15) is 9.59 Å². The van der Waals surface area contributed by atoms with E-state index in [0.717, 1.165) is 0 Å². The Kier molecular flexibility index (Phi) is 5.53. The normalized spacial score (nSPS) is 13.9. The molecule has 156 valence electrons. The quantitative estimate of drug-likeness (QED) is 0.696. The lowest BCUT2D eigenvalue weighted by Crippen LogP contribution is -2.40. The van der Waals surface area contributed by atoms with Gasteiger partial charge in [0.05, 0.1) is 32.2 Å². The summed E-state index contributed by atoms with van der Waals surface area (Å²) in [4.78, 5) is 27.6. The van der Waals surface area contributed by atoms with Crippen molar-refractivity contribution in [1.82, 2.24) is 19.2 Å². The Bertz CT molecular complexity index is 1050. The molecule has 1 aliphatic heterocycles.